The number of hydrogen-bond donors (Lipinski definition) is 2. The molecule has 5 nitrogen and oxygen atoms in total. The zero-order valence-electron chi connectivity index (χ0n) is 12.8. The number of halogens is 3. The molecular weight excluding hydrogens is 321 g/mol. The van der Waals surface area contributed by atoms with E-state index in [1.807, 2.05) is 0 Å². The van der Waals surface area contributed by atoms with Gasteiger partial charge in [-0.1, -0.05) is 0 Å². The minimum Gasteiger partial charge on any atom is -0.367 e. The van der Waals surface area contributed by atoms with Crippen LogP contribution in [0, 0.1) is 0 Å². The molecule has 1 aliphatic rings. The van der Waals surface area contributed by atoms with Gasteiger partial charge in [0.1, 0.15) is 11.4 Å². The Kier molecular flexibility index (Phi) is 4.31. The lowest BCUT2D eigenvalue weighted by Gasteiger charge is -2.14. The van der Waals surface area contributed by atoms with Crippen LogP contribution in [-0.2, 0) is 6.18 Å². The fourth-order valence-corrected chi connectivity index (χ4v) is 2.88. The SMILES string of the molecule is N[C@H]1CC[C@H](Nc2ccc(-n3cccc(C(F)(F)F)c3=O)cn2)C1. The van der Waals surface area contributed by atoms with E-state index in [0.717, 1.165) is 29.9 Å². The second-order valence-corrected chi connectivity index (χ2v) is 5.91. The standard InChI is InChI=1S/C16H17F3N4O/c17-16(18,19)13-2-1-7-23(15(13)24)12-5-6-14(21-9-12)22-11-4-3-10(20)8-11/h1-2,5-7,9-11H,3-4,8,20H2,(H,21,22)/t10-,11-/m0/s1. The molecular formula is C16H17F3N4O. The van der Waals surface area contributed by atoms with Gasteiger partial charge in [0.05, 0.1) is 11.9 Å². The Bertz CT molecular complexity index is 770. The summed E-state index contributed by atoms with van der Waals surface area (Å²) in [5.74, 6) is 0.609. The summed E-state index contributed by atoms with van der Waals surface area (Å²) < 4.78 is 39.4. The van der Waals surface area contributed by atoms with Crippen LogP contribution in [-0.4, -0.2) is 21.6 Å². The largest absolute Gasteiger partial charge is 0.421 e. The summed E-state index contributed by atoms with van der Waals surface area (Å²) in [5.41, 5.74) is 3.81. The number of rotatable bonds is 3. The predicted octanol–water partition coefficient (Wildman–Crippen LogP) is 2.54. The van der Waals surface area contributed by atoms with Gasteiger partial charge in [-0.2, -0.15) is 13.2 Å². The van der Waals surface area contributed by atoms with Crippen LogP contribution in [0.4, 0.5) is 19.0 Å². The Morgan fingerprint density at radius 3 is 2.62 bits per heavy atom. The van der Waals surface area contributed by atoms with E-state index in [0.29, 0.717) is 5.82 Å². The summed E-state index contributed by atoms with van der Waals surface area (Å²) in [6.07, 6.45) is 0.746. The molecule has 1 saturated carbocycles. The monoisotopic (exact) mass is 338 g/mol. The zero-order valence-corrected chi connectivity index (χ0v) is 12.8. The van der Waals surface area contributed by atoms with Crippen LogP contribution >= 0.6 is 0 Å². The Hall–Kier alpha value is -2.35. The molecule has 0 spiro atoms. The number of hydrogen-bond acceptors (Lipinski definition) is 4. The fraction of sp³-hybridized carbons (Fsp3) is 0.375. The van der Waals surface area contributed by atoms with Gasteiger partial charge < -0.3 is 11.1 Å². The number of anilines is 1. The highest BCUT2D eigenvalue weighted by molar-refractivity contribution is 5.42. The van der Waals surface area contributed by atoms with Crippen molar-refractivity contribution in [2.75, 3.05) is 5.32 Å². The summed E-state index contributed by atoms with van der Waals surface area (Å²) in [4.78, 5) is 16.2. The Labute approximate surface area is 136 Å². The third kappa shape index (κ3) is 3.43. The first-order chi connectivity index (χ1) is 11.3. The van der Waals surface area contributed by atoms with Gasteiger partial charge in [-0.3, -0.25) is 9.36 Å². The number of aromatic nitrogens is 2. The van der Waals surface area contributed by atoms with Gasteiger partial charge in [-0.25, -0.2) is 4.98 Å². The predicted molar refractivity (Wildman–Crippen MR) is 84.1 cm³/mol. The molecule has 8 heteroatoms. The second kappa shape index (κ2) is 6.27. The van der Waals surface area contributed by atoms with Gasteiger partial charge in [-0.05, 0) is 43.5 Å². The third-order valence-electron chi connectivity index (χ3n) is 4.10. The number of nitrogens with zero attached hydrogens (tertiary/aromatic N) is 2. The van der Waals surface area contributed by atoms with E-state index in [9.17, 15) is 18.0 Å². The molecule has 0 bridgehead atoms. The topological polar surface area (TPSA) is 72.9 Å². The van der Waals surface area contributed by atoms with Gasteiger partial charge in [-0.15, -0.1) is 0 Å². The maximum absolute atomic E-state index is 12.8. The average molecular weight is 338 g/mol. The van der Waals surface area contributed by atoms with E-state index >= 15 is 0 Å². The molecule has 2 aromatic heterocycles. The number of pyridine rings is 2. The number of nitrogens with one attached hydrogen (secondary N) is 1. The van der Waals surface area contributed by atoms with Crippen LogP contribution in [0.2, 0.25) is 0 Å². The van der Waals surface area contributed by atoms with E-state index in [1.54, 1.807) is 12.1 Å². The van der Waals surface area contributed by atoms with E-state index in [4.69, 9.17) is 5.73 Å². The van der Waals surface area contributed by atoms with Crippen molar-refractivity contribution in [1.82, 2.24) is 9.55 Å². The highest BCUT2D eigenvalue weighted by atomic mass is 19.4. The van der Waals surface area contributed by atoms with Gasteiger partial charge in [0.25, 0.3) is 5.56 Å². The van der Waals surface area contributed by atoms with Gasteiger partial charge >= 0.3 is 6.18 Å². The highest BCUT2D eigenvalue weighted by Gasteiger charge is 2.34. The van der Waals surface area contributed by atoms with Crippen molar-refractivity contribution < 1.29 is 13.2 Å². The molecule has 0 aliphatic heterocycles. The molecule has 1 aliphatic carbocycles. The molecule has 2 aromatic rings. The lowest BCUT2D eigenvalue weighted by Crippen LogP contribution is -2.27. The van der Waals surface area contributed by atoms with Crippen molar-refractivity contribution in [2.24, 2.45) is 5.73 Å². The van der Waals surface area contributed by atoms with Crippen LogP contribution < -0.4 is 16.6 Å². The van der Waals surface area contributed by atoms with Crippen molar-refractivity contribution in [1.29, 1.82) is 0 Å². The first kappa shape index (κ1) is 16.5. The van der Waals surface area contributed by atoms with E-state index in [1.165, 1.54) is 18.5 Å². The Morgan fingerprint density at radius 2 is 2.04 bits per heavy atom. The number of nitrogens with two attached hydrogens (primary N) is 1. The normalized spacial score (nSPS) is 21.0. The first-order valence-electron chi connectivity index (χ1n) is 7.62. The third-order valence-corrected chi connectivity index (χ3v) is 4.10. The van der Waals surface area contributed by atoms with Gasteiger partial charge in [0.15, 0.2) is 0 Å². The average Bonchev–Trinajstić information content (AvgIpc) is 2.92. The van der Waals surface area contributed by atoms with Crippen LogP contribution in [0.5, 0.6) is 0 Å². The van der Waals surface area contributed by atoms with Crippen molar-refractivity contribution in [3.05, 3.63) is 52.6 Å². The van der Waals surface area contributed by atoms with E-state index < -0.39 is 17.3 Å². The Morgan fingerprint density at radius 1 is 1.25 bits per heavy atom. The second-order valence-electron chi connectivity index (χ2n) is 5.91. The Balaban J connectivity index is 1.82. The first-order valence-corrected chi connectivity index (χ1v) is 7.62. The molecule has 0 saturated heterocycles. The summed E-state index contributed by atoms with van der Waals surface area (Å²) in [7, 11) is 0. The van der Waals surface area contributed by atoms with Gasteiger partial charge in [0, 0.05) is 18.3 Å². The smallest absolute Gasteiger partial charge is 0.367 e. The maximum Gasteiger partial charge on any atom is 0.421 e. The molecule has 0 amide bonds. The van der Waals surface area contributed by atoms with Crippen LogP contribution in [0.15, 0.2) is 41.5 Å². The molecule has 2 atom stereocenters. The molecule has 0 aromatic carbocycles. The van der Waals surface area contributed by atoms with Crippen molar-refractivity contribution in [3.8, 4) is 5.69 Å². The summed E-state index contributed by atoms with van der Waals surface area (Å²) >= 11 is 0. The van der Waals surface area contributed by atoms with Crippen molar-refractivity contribution in [2.45, 2.75) is 37.5 Å². The van der Waals surface area contributed by atoms with Crippen LogP contribution in [0.3, 0.4) is 0 Å². The fourth-order valence-electron chi connectivity index (χ4n) is 2.88. The molecule has 3 N–H and O–H groups in total. The lowest BCUT2D eigenvalue weighted by atomic mass is 10.2. The molecule has 0 radical (unpaired) electrons. The summed E-state index contributed by atoms with van der Waals surface area (Å²) in [5, 5.41) is 3.24. The molecule has 24 heavy (non-hydrogen) atoms. The maximum atomic E-state index is 12.8. The summed E-state index contributed by atoms with van der Waals surface area (Å²) in [6, 6.07) is 5.60. The quantitative estimate of drug-likeness (QED) is 0.902. The molecule has 3 rings (SSSR count). The molecule has 128 valence electrons. The van der Waals surface area contributed by atoms with Crippen LogP contribution in [0.25, 0.3) is 5.69 Å². The van der Waals surface area contributed by atoms with Crippen molar-refractivity contribution >= 4 is 5.82 Å². The van der Waals surface area contributed by atoms with Crippen molar-refractivity contribution in [3.63, 3.8) is 0 Å². The minimum atomic E-state index is -4.68. The minimum absolute atomic E-state index is 0.186. The van der Waals surface area contributed by atoms with E-state index in [2.05, 4.69) is 10.3 Å². The van der Waals surface area contributed by atoms with Crippen LogP contribution in [0.1, 0.15) is 24.8 Å². The molecule has 2 heterocycles. The lowest BCUT2D eigenvalue weighted by molar-refractivity contribution is -0.138. The zero-order chi connectivity index (χ0) is 17.3. The van der Waals surface area contributed by atoms with E-state index in [-0.39, 0.29) is 17.8 Å². The van der Waals surface area contributed by atoms with Gasteiger partial charge in [0.2, 0.25) is 0 Å². The highest BCUT2D eigenvalue weighted by Crippen LogP contribution is 2.26. The number of alkyl halides is 3. The molecule has 1 fully saturated rings. The molecule has 0 unspecified atom stereocenters. The summed E-state index contributed by atoms with van der Waals surface area (Å²) in [6.45, 7) is 0.